The smallest absolute Gasteiger partial charge is 0.306 e. The van der Waals surface area contributed by atoms with Gasteiger partial charge in [-0.25, -0.2) is 0 Å². The van der Waals surface area contributed by atoms with E-state index in [2.05, 4.69) is 0 Å². The summed E-state index contributed by atoms with van der Waals surface area (Å²) in [6, 6.07) is 0. The highest BCUT2D eigenvalue weighted by Gasteiger charge is 2.55. The Morgan fingerprint density at radius 3 is 2.29 bits per heavy atom. The summed E-state index contributed by atoms with van der Waals surface area (Å²) in [5, 5.41) is 0. The van der Waals surface area contributed by atoms with Crippen molar-refractivity contribution in [1.82, 2.24) is 0 Å². The third-order valence-corrected chi connectivity index (χ3v) is 3.25. The average molecular weight is 196 g/mol. The first kappa shape index (κ1) is 10.0. The van der Waals surface area contributed by atoms with Gasteiger partial charge in [0.1, 0.15) is 5.60 Å². The maximum atomic E-state index is 11.6. The van der Waals surface area contributed by atoms with Crippen molar-refractivity contribution in [3.8, 4) is 0 Å². The minimum Gasteiger partial charge on any atom is -0.460 e. The van der Waals surface area contributed by atoms with Gasteiger partial charge in [-0.15, -0.1) is 0 Å². The summed E-state index contributed by atoms with van der Waals surface area (Å²) in [4.78, 5) is 11.6. The molecule has 0 unspecified atom stereocenters. The second kappa shape index (κ2) is 2.98. The van der Waals surface area contributed by atoms with Crippen LogP contribution in [0.3, 0.4) is 0 Å². The standard InChI is InChI=1S/C12H20O2/c1-11(2,3)14-10(13)8-12(6-7-12)9-4-5-9/h9H,4-8H2,1-3H3. The summed E-state index contributed by atoms with van der Waals surface area (Å²) in [6.45, 7) is 5.80. The Morgan fingerprint density at radius 1 is 1.36 bits per heavy atom. The van der Waals surface area contributed by atoms with Crippen LogP contribution < -0.4 is 0 Å². The van der Waals surface area contributed by atoms with Gasteiger partial charge in [-0.2, -0.15) is 0 Å². The predicted molar refractivity (Wildman–Crippen MR) is 54.9 cm³/mol. The number of ether oxygens (including phenoxy) is 1. The van der Waals surface area contributed by atoms with E-state index in [-0.39, 0.29) is 11.6 Å². The van der Waals surface area contributed by atoms with Crippen LogP contribution in [-0.4, -0.2) is 11.6 Å². The second-order valence-electron chi connectivity index (χ2n) is 5.90. The molecule has 2 rings (SSSR count). The lowest BCUT2D eigenvalue weighted by Crippen LogP contribution is -2.26. The van der Waals surface area contributed by atoms with Crippen molar-refractivity contribution in [2.45, 2.75) is 58.5 Å². The van der Waals surface area contributed by atoms with Crippen molar-refractivity contribution >= 4 is 5.97 Å². The summed E-state index contributed by atoms with van der Waals surface area (Å²) >= 11 is 0. The van der Waals surface area contributed by atoms with E-state index in [0.717, 1.165) is 5.92 Å². The number of carbonyl (C=O) groups is 1. The molecule has 14 heavy (non-hydrogen) atoms. The Labute approximate surface area is 86.0 Å². The van der Waals surface area contributed by atoms with Crippen molar-refractivity contribution in [1.29, 1.82) is 0 Å². The molecule has 80 valence electrons. The van der Waals surface area contributed by atoms with Crippen molar-refractivity contribution in [3.05, 3.63) is 0 Å². The first-order valence-corrected chi connectivity index (χ1v) is 5.63. The van der Waals surface area contributed by atoms with Crippen LogP contribution >= 0.6 is 0 Å². The van der Waals surface area contributed by atoms with Crippen LogP contribution in [0.1, 0.15) is 52.9 Å². The van der Waals surface area contributed by atoms with Gasteiger partial charge in [-0.3, -0.25) is 4.79 Å². The van der Waals surface area contributed by atoms with Gasteiger partial charge in [0.15, 0.2) is 0 Å². The quantitative estimate of drug-likeness (QED) is 0.649. The van der Waals surface area contributed by atoms with E-state index >= 15 is 0 Å². The molecule has 0 spiro atoms. The summed E-state index contributed by atoms with van der Waals surface area (Å²) in [5.74, 6) is 0.844. The Bertz CT molecular complexity index is 242. The topological polar surface area (TPSA) is 26.3 Å². The normalized spacial score (nSPS) is 24.5. The third kappa shape index (κ3) is 2.28. The molecule has 0 N–H and O–H groups in total. The minimum atomic E-state index is -0.323. The molecule has 0 aromatic carbocycles. The van der Waals surface area contributed by atoms with Gasteiger partial charge in [0.2, 0.25) is 0 Å². The van der Waals surface area contributed by atoms with Crippen molar-refractivity contribution in [3.63, 3.8) is 0 Å². The Kier molecular flexibility index (Phi) is 2.13. The van der Waals surface area contributed by atoms with Crippen LogP contribution in [0.2, 0.25) is 0 Å². The average Bonchev–Trinajstić information content (AvgIpc) is 2.75. The summed E-state index contributed by atoms with van der Waals surface area (Å²) in [7, 11) is 0. The van der Waals surface area contributed by atoms with Gasteiger partial charge < -0.3 is 4.74 Å². The molecule has 2 heteroatoms. The van der Waals surface area contributed by atoms with Crippen molar-refractivity contribution in [2.75, 3.05) is 0 Å². The molecule has 0 aromatic rings. The maximum absolute atomic E-state index is 11.6. The van der Waals surface area contributed by atoms with Gasteiger partial charge in [-0.1, -0.05) is 0 Å². The molecule has 0 aromatic heterocycles. The summed E-state index contributed by atoms with van der Waals surface area (Å²) in [6.07, 6.45) is 5.83. The molecule has 2 nitrogen and oxygen atoms in total. The van der Waals surface area contributed by atoms with Crippen LogP contribution in [0.15, 0.2) is 0 Å². The van der Waals surface area contributed by atoms with E-state index in [4.69, 9.17) is 4.74 Å². The highest BCUT2D eigenvalue weighted by Crippen LogP contribution is 2.63. The molecule has 0 saturated heterocycles. The highest BCUT2D eigenvalue weighted by atomic mass is 16.6. The Hall–Kier alpha value is -0.530. The largest absolute Gasteiger partial charge is 0.460 e. The van der Waals surface area contributed by atoms with E-state index < -0.39 is 0 Å². The summed E-state index contributed by atoms with van der Waals surface area (Å²) in [5.41, 5.74) is 0.0546. The molecule has 0 atom stereocenters. The zero-order valence-corrected chi connectivity index (χ0v) is 9.43. The van der Waals surface area contributed by atoms with E-state index in [1.54, 1.807) is 0 Å². The number of hydrogen-bond donors (Lipinski definition) is 0. The maximum Gasteiger partial charge on any atom is 0.306 e. The first-order valence-electron chi connectivity index (χ1n) is 5.63. The monoisotopic (exact) mass is 196 g/mol. The Morgan fingerprint density at radius 2 is 1.93 bits per heavy atom. The molecule has 2 fully saturated rings. The van der Waals surface area contributed by atoms with E-state index in [1.165, 1.54) is 25.7 Å². The first-order chi connectivity index (χ1) is 6.41. The highest BCUT2D eigenvalue weighted by molar-refractivity contribution is 5.71. The molecule has 2 saturated carbocycles. The van der Waals surface area contributed by atoms with Gasteiger partial charge in [-0.05, 0) is 57.8 Å². The molecular formula is C12H20O2. The zero-order chi connectivity index (χ0) is 10.4. The lowest BCUT2D eigenvalue weighted by molar-refractivity contribution is -0.156. The van der Waals surface area contributed by atoms with Crippen molar-refractivity contribution in [2.24, 2.45) is 11.3 Å². The van der Waals surface area contributed by atoms with Crippen LogP contribution in [0, 0.1) is 11.3 Å². The fourth-order valence-electron chi connectivity index (χ4n) is 2.25. The third-order valence-electron chi connectivity index (χ3n) is 3.25. The molecule has 0 radical (unpaired) electrons. The molecule has 0 aliphatic heterocycles. The number of esters is 1. The van der Waals surface area contributed by atoms with Gasteiger partial charge in [0.05, 0.1) is 6.42 Å². The second-order valence-corrected chi connectivity index (χ2v) is 5.90. The van der Waals surface area contributed by atoms with Crippen LogP contribution in [0.4, 0.5) is 0 Å². The fraction of sp³-hybridized carbons (Fsp3) is 0.917. The molecule has 0 bridgehead atoms. The predicted octanol–water partition coefficient (Wildman–Crippen LogP) is 2.91. The molecule has 0 amide bonds. The molecule has 0 heterocycles. The van der Waals surface area contributed by atoms with Crippen LogP contribution in [0.5, 0.6) is 0 Å². The van der Waals surface area contributed by atoms with Gasteiger partial charge in [0.25, 0.3) is 0 Å². The minimum absolute atomic E-state index is 0.00176. The fourth-order valence-corrected chi connectivity index (χ4v) is 2.25. The Balaban J connectivity index is 1.82. The van der Waals surface area contributed by atoms with E-state index in [1.807, 2.05) is 20.8 Å². The number of rotatable bonds is 3. The van der Waals surface area contributed by atoms with Crippen LogP contribution in [0.25, 0.3) is 0 Å². The lowest BCUT2D eigenvalue weighted by Gasteiger charge is -2.21. The SMILES string of the molecule is CC(C)(C)OC(=O)CC1(C2CC2)CC1. The van der Waals surface area contributed by atoms with Crippen molar-refractivity contribution < 1.29 is 9.53 Å². The molecular weight excluding hydrogens is 176 g/mol. The van der Waals surface area contributed by atoms with E-state index in [0.29, 0.717) is 11.8 Å². The summed E-state index contributed by atoms with van der Waals surface area (Å²) < 4.78 is 5.35. The molecule has 2 aliphatic carbocycles. The zero-order valence-electron chi connectivity index (χ0n) is 9.43. The number of carbonyl (C=O) groups excluding carboxylic acids is 1. The number of hydrogen-bond acceptors (Lipinski definition) is 2. The van der Waals surface area contributed by atoms with Crippen LogP contribution in [-0.2, 0) is 9.53 Å². The van der Waals surface area contributed by atoms with E-state index in [9.17, 15) is 4.79 Å². The van der Waals surface area contributed by atoms with Gasteiger partial charge >= 0.3 is 5.97 Å². The lowest BCUT2D eigenvalue weighted by atomic mass is 9.96. The molecule has 2 aliphatic rings. The van der Waals surface area contributed by atoms with Gasteiger partial charge in [0, 0.05) is 0 Å².